The Kier molecular flexibility index (Phi) is 4.40. The van der Waals surface area contributed by atoms with Crippen LogP contribution in [0.2, 0.25) is 0 Å². The van der Waals surface area contributed by atoms with Crippen LogP contribution in [0, 0.1) is 0 Å². The van der Waals surface area contributed by atoms with Crippen molar-refractivity contribution in [2.24, 2.45) is 5.73 Å². The number of nitrogens with two attached hydrogens (primary N) is 1. The van der Waals surface area contributed by atoms with Gasteiger partial charge in [-0.25, -0.2) is 0 Å². The van der Waals surface area contributed by atoms with Gasteiger partial charge < -0.3 is 20.3 Å². The Balaban J connectivity index is 3.17. The lowest BCUT2D eigenvalue weighted by atomic mass is 9.99. The third kappa shape index (κ3) is 3.14. The zero-order valence-electron chi connectivity index (χ0n) is 10.5. The van der Waals surface area contributed by atoms with Crippen LogP contribution in [0.3, 0.4) is 0 Å². The van der Waals surface area contributed by atoms with E-state index in [4.69, 9.17) is 15.2 Å². The van der Waals surface area contributed by atoms with E-state index in [1.54, 1.807) is 6.07 Å². The lowest BCUT2D eigenvalue weighted by Crippen LogP contribution is -2.12. The van der Waals surface area contributed by atoms with Crippen LogP contribution in [0.4, 0.5) is 0 Å². The first-order valence-corrected chi connectivity index (χ1v) is 5.34. The standard InChI is InChI=1S/C13H19NO3/c1-8(2)5-10(14)13-11(15)6-9(16-3)7-12(13)17-4/h6-7,10,15H,1,5,14H2,2-4H3/t10-/m0/s1. The van der Waals surface area contributed by atoms with Crippen LogP contribution < -0.4 is 15.2 Å². The third-order valence-corrected chi connectivity index (χ3v) is 2.49. The van der Waals surface area contributed by atoms with Gasteiger partial charge in [0.05, 0.1) is 19.8 Å². The van der Waals surface area contributed by atoms with Crippen molar-refractivity contribution in [1.82, 2.24) is 0 Å². The normalized spacial score (nSPS) is 12.0. The zero-order valence-corrected chi connectivity index (χ0v) is 10.5. The van der Waals surface area contributed by atoms with Crippen LogP contribution in [0.1, 0.15) is 24.9 Å². The second kappa shape index (κ2) is 5.59. The molecule has 0 aliphatic heterocycles. The maximum absolute atomic E-state index is 9.95. The summed E-state index contributed by atoms with van der Waals surface area (Å²) in [5.74, 6) is 1.14. The Morgan fingerprint density at radius 2 is 2.06 bits per heavy atom. The Morgan fingerprint density at radius 3 is 2.53 bits per heavy atom. The molecule has 4 nitrogen and oxygen atoms in total. The largest absolute Gasteiger partial charge is 0.507 e. The maximum atomic E-state index is 9.95. The van der Waals surface area contributed by atoms with E-state index in [-0.39, 0.29) is 11.8 Å². The molecule has 0 aliphatic carbocycles. The van der Waals surface area contributed by atoms with E-state index in [1.165, 1.54) is 20.3 Å². The topological polar surface area (TPSA) is 64.7 Å². The molecule has 0 heterocycles. The Hall–Kier alpha value is -1.68. The number of hydrogen-bond donors (Lipinski definition) is 2. The highest BCUT2D eigenvalue weighted by molar-refractivity contribution is 5.51. The van der Waals surface area contributed by atoms with Crippen LogP contribution in [0.5, 0.6) is 17.2 Å². The molecule has 0 bridgehead atoms. The van der Waals surface area contributed by atoms with Gasteiger partial charge in [0.2, 0.25) is 0 Å². The van der Waals surface area contributed by atoms with Gasteiger partial charge in [0.25, 0.3) is 0 Å². The molecule has 0 aromatic heterocycles. The van der Waals surface area contributed by atoms with E-state index in [0.717, 1.165) is 5.57 Å². The minimum atomic E-state index is -0.339. The number of ether oxygens (including phenoxy) is 2. The monoisotopic (exact) mass is 237 g/mol. The maximum Gasteiger partial charge on any atom is 0.131 e. The van der Waals surface area contributed by atoms with Crippen LogP contribution in [0.25, 0.3) is 0 Å². The van der Waals surface area contributed by atoms with Crippen molar-refractivity contribution in [3.05, 3.63) is 29.8 Å². The van der Waals surface area contributed by atoms with E-state index in [0.29, 0.717) is 23.5 Å². The molecule has 0 aliphatic rings. The first kappa shape index (κ1) is 13.4. The molecule has 1 rings (SSSR count). The lowest BCUT2D eigenvalue weighted by molar-refractivity contribution is 0.375. The summed E-state index contributed by atoms with van der Waals surface area (Å²) in [5, 5.41) is 9.95. The molecule has 94 valence electrons. The van der Waals surface area contributed by atoms with Crippen molar-refractivity contribution in [2.75, 3.05) is 14.2 Å². The molecule has 1 aromatic carbocycles. The highest BCUT2D eigenvalue weighted by Gasteiger charge is 2.18. The Labute approximate surface area is 102 Å². The molecule has 0 radical (unpaired) electrons. The van der Waals surface area contributed by atoms with E-state index in [9.17, 15) is 5.11 Å². The average molecular weight is 237 g/mol. The molecule has 0 unspecified atom stereocenters. The smallest absolute Gasteiger partial charge is 0.131 e. The van der Waals surface area contributed by atoms with Crippen LogP contribution in [-0.2, 0) is 0 Å². The first-order valence-electron chi connectivity index (χ1n) is 5.34. The highest BCUT2D eigenvalue weighted by atomic mass is 16.5. The summed E-state index contributed by atoms with van der Waals surface area (Å²) in [5.41, 5.74) is 7.56. The highest BCUT2D eigenvalue weighted by Crippen LogP contribution is 2.38. The predicted octanol–water partition coefficient (Wildman–Crippen LogP) is 2.38. The average Bonchev–Trinajstić information content (AvgIpc) is 2.26. The Bertz CT molecular complexity index is 415. The second-order valence-corrected chi connectivity index (χ2v) is 4.03. The van der Waals surface area contributed by atoms with Gasteiger partial charge in [0.1, 0.15) is 17.2 Å². The van der Waals surface area contributed by atoms with E-state index in [2.05, 4.69) is 6.58 Å². The lowest BCUT2D eigenvalue weighted by Gasteiger charge is -2.18. The number of methoxy groups -OCH3 is 2. The van der Waals surface area contributed by atoms with Crippen molar-refractivity contribution in [3.63, 3.8) is 0 Å². The summed E-state index contributed by atoms with van der Waals surface area (Å²) in [4.78, 5) is 0. The van der Waals surface area contributed by atoms with Crippen molar-refractivity contribution in [3.8, 4) is 17.2 Å². The number of rotatable bonds is 5. The molecule has 4 heteroatoms. The van der Waals surface area contributed by atoms with Crippen molar-refractivity contribution >= 4 is 0 Å². The van der Waals surface area contributed by atoms with Crippen LogP contribution >= 0.6 is 0 Å². The zero-order chi connectivity index (χ0) is 13.0. The molecule has 1 aromatic rings. The molecule has 17 heavy (non-hydrogen) atoms. The molecule has 0 fully saturated rings. The summed E-state index contributed by atoms with van der Waals surface area (Å²) in [6.45, 7) is 5.71. The number of aromatic hydroxyl groups is 1. The molecular formula is C13H19NO3. The molecule has 3 N–H and O–H groups in total. The van der Waals surface area contributed by atoms with Gasteiger partial charge in [0, 0.05) is 18.2 Å². The summed E-state index contributed by atoms with van der Waals surface area (Å²) in [7, 11) is 3.06. The van der Waals surface area contributed by atoms with Gasteiger partial charge in [0.15, 0.2) is 0 Å². The predicted molar refractivity (Wildman–Crippen MR) is 67.6 cm³/mol. The Morgan fingerprint density at radius 1 is 1.41 bits per heavy atom. The third-order valence-electron chi connectivity index (χ3n) is 2.49. The number of phenolic OH excluding ortho intramolecular Hbond substituents is 1. The number of hydrogen-bond acceptors (Lipinski definition) is 4. The quantitative estimate of drug-likeness (QED) is 0.772. The van der Waals surface area contributed by atoms with Gasteiger partial charge in [-0.15, -0.1) is 6.58 Å². The van der Waals surface area contributed by atoms with E-state index in [1.807, 2.05) is 6.92 Å². The van der Waals surface area contributed by atoms with Gasteiger partial charge >= 0.3 is 0 Å². The van der Waals surface area contributed by atoms with Gasteiger partial charge in [-0.3, -0.25) is 0 Å². The summed E-state index contributed by atoms with van der Waals surface area (Å²) >= 11 is 0. The van der Waals surface area contributed by atoms with E-state index < -0.39 is 0 Å². The summed E-state index contributed by atoms with van der Waals surface area (Å²) in [6, 6.07) is 2.89. The van der Waals surface area contributed by atoms with Crippen molar-refractivity contribution in [1.29, 1.82) is 0 Å². The first-order chi connectivity index (χ1) is 7.99. The fraction of sp³-hybridized carbons (Fsp3) is 0.385. The fourth-order valence-electron chi connectivity index (χ4n) is 1.72. The van der Waals surface area contributed by atoms with Crippen molar-refractivity contribution in [2.45, 2.75) is 19.4 Å². The molecule has 0 saturated heterocycles. The van der Waals surface area contributed by atoms with Crippen LogP contribution in [-0.4, -0.2) is 19.3 Å². The minimum absolute atomic E-state index is 0.0787. The second-order valence-electron chi connectivity index (χ2n) is 4.03. The van der Waals surface area contributed by atoms with Gasteiger partial charge in [-0.2, -0.15) is 0 Å². The van der Waals surface area contributed by atoms with Gasteiger partial charge in [-0.1, -0.05) is 5.57 Å². The molecule has 0 spiro atoms. The SMILES string of the molecule is C=C(C)C[C@H](N)c1c(O)cc(OC)cc1OC. The fourth-order valence-corrected chi connectivity index (χ4v) is 1.72. The number of benzene rings is 1. The minimum Gasteiger partial charge on any atom is -0.507 e. The number of phenols is 1. The molecule has 1 atom stereocenters. The van der Waals surface area contributed by atoms with Gasteiger partial charge in [-0.05, 0) is 13.3 Å². The molecule has 0 amide bonds. The molecular weight excluding hydrogens is 218 g/mol. The summed E-state index contributed by atoms with van der Waals surface area (Å²) in [6.07, 6.45) is 0.594. The molecule has 0 saturated carbocycles. The summed E-state index contributed by atoms with van der Waals surface area (Å²) < 4.78 is 10.3. The van der Waals surface area contributed by atoms with E-state index >= 15 is 0 Å². The van der Waals surface area contributed by atoms with Crippen molar-refractivity contribution < 1.29 is 14.6 Å². The van der Waals surface area contributed by atoms with Crippen LogP contribution in [0.15, 0.2) is 24.3 Å².